The number of benzene rings is 1. The van der Waals surface area contributed by atoms with Gasteiger partial charge in [0, 0.05) is 32.7 Å². The Morgan fingerprint density at radius 3 is 2.71 bits per heavy atom. The zero-order chi connectivity index (χ0) is 15.0. The third-order valence-electron chi connectivity index (χ3n) is 3.55. The molecular formula is C17H26N2O2. The van der Waals surface area contributed by atoms with Crippen LogP contribution in [-0.4, -0.2) is 61.5 Å². The number of hydrogen-bond acceptors (Lipinski definition) is 4. The van der Waals surface area contributed by atoms with Crippen molar-refractivity contribution in [2.75, 3.05) is 45.9 Å². The number of aliphatic hydroxyl groups is 1. The summed E-state index contributed by atoms with van der Waals surface area (Å²) in [4.78, 5) is 2.25. The summed E-state index contributed by atoms with van der Waals surface area (Å²) in [5.74, 6) is 0. The molecule has 0 radical (unpaired) electrons. The molecule has 1 saturated heterocycles. The number of β-amino-alcohol motifs (C(OH)–C–C–N with tert-alkyl or cyclic N) is 1. The van der Waals surface area contributed by atoms with E-state index < -0.39 is 5.60 Å². The van der Waals surface area contributed by atoms with Crippen molar-refractivity contribution in [2.24, 2.45) is 0 Å². The van der Waals surface area contributed by atoms with E-state index in [2.05, 4.69) is 34.5 Å². The van der Waals surface area contributed by atoms with Gasteiger partial charge in [0.2, 0.25) is 0 Å². The second-order valence-corrected chi connectivity index (χ2v) is 5.83. The van der Waals surface area contributed by atoms with Crippen LogP contribution in [0.5, 0.6) is 0 Å². The standard InChI is InChI=1S/C17H26N2O2/c1-17(20,15-19-10-12-21-13-11-19)14-18-9-5-8-16-6-3-2-4-7-16/h2-8,18,20H,9-15H2,1H3. The van der Waals surface area contributed by atoms with Crippen LogP contribution in [0, 0.1) is 0 Å². The molecule has 4 heteroatoms. The van der Waals surface area contributed by atoms with Gasteiger partial charge in [-0.05, 0) is 12.5 Å². The van der Waals surface area contributed by atoms with Gasteiger partial charge in [0.25, 0.3) is 0 Å². The number of nitrogens with zero attached hydrogens (tertiary/aromatic N) is 1. The van der Waals surface area contributed by atoms with Gasteiger partial charge in [0.1, 0.15) is 0 Å². The Balaban J connectivity index is 1.65. The van der Waals surface area contributed by atoms with E-state index in [1.54, 1.807) is 0 Å². The molecule has 2 N–H and O–H groups in total. The summed E-state index contributed by atoms with van der Waals surface area (Å²) >= 11 is 0. The number of morpholine rings is 1. The molecule has 0 bridgehead atoms. The highest BCUT2D eigenvalue weighted by atomic mass is 16.5. The highest BCUT2D eigenvalue weighted by molar-refractivity contribution is 5.48. The van der Waals surface area contributed by atoms with Crippen LogP contribution in [0.3, 0.4) is 0 Å². The van der Waals surface area contributed by atoms with E-state index >= 15 is 0 Å². The van der Waals surface area contributed by atoms with Crippen molar-refractivity contribution in [3.05, 3.63) is 42.0 Å². The number of ether oxygens (including phenoxy) is 1. The van der Waals surface area contributed by atoms with Gasteiger partial charge < -0.3 is 15.2 Å². The van der Waals surface area contributed by atoms with E-state index in [0.717, 1.165) is 32.8 Å². The quantitative estimate of drug-likeness (QED) is 0.745. The first-order chi connectivity index (χ1) is 10.2. The Bertz CT molecular complexity index is 426. The lowest BCUT2D eigenvalue weighted by Gasteiger charge is -2.33. The summed E-state index contributed by atoms with van der Waals surface area (Å²) in [6.45, 7) is 7.26. The van der Waals surface area contributed by atoms with Gasteiger partial charge in [-0.2, -0.15) is 0 Å². The molecule has 0 aliphatic carbocycles. The minimum atomic E-state index is -0.710. The third-order valence-corrected chi connectivity index (χ3v) is 3.55. The van der Waals surface area contributed by atoms with Crippen molar-refractivity contribution in [1.29, 1.82) is 0 Å². The van der Waals surface area contributed by atoms with Gasteiger partial charge in [-0.3, -0.25) is 4.90 Å². The van der Waals surface area contributed by atoms with Crippen LogP contribution in [0.2, 0.25) is 0 Å². The van der Waals surface area contributed by atoms with Gasteiger partial charge in [0.15, 0.2) is 0 Å². The summed E-state index contributed by atoms with van der Waals surface area (Å²) in [7, 11) is 0. The monoisotopic (exact) mass is 290 g/mol. The highest BCUT2D eigenvalue weighted by Gasteiger charge is 2.24. The first-order valence-electron chi connectivity index (χ1n) is 7.60. The van der Waals surface area contributed by atoms with Gasteiger partial charge in [-0.15, -0.1) is 0 Å². The lowest BCUT2D eigenvalue weighted by Crippen LogP contribution is -2.50. The fourth-order valence-electron chi connectivity index (χ4n) is 2.48. The highest BCUT2D eigenvalue weighted by Crippen LogP contribution is 2.07. The molecule has 4 nitrogen and oxygen atoms in total. The third kappa shape index (κ3) is 6.40. The SMILES string of the molecule is CC(O)(CNCC=Cc1ccccc1)CN1CCOCC1. The summed E-state index contributed by atoms with van der Waals surface area (Å²) in [6.07, 6.45) is 4.17. The first kappa shape index (κ1) is 16.2. The van der Waals surface area contributed by atoms with Crippen LogP contribution in [0.4, 0.5) is 0 Å². The van der Waals surface area contributed by atoms with Crippen LogP contribution in [0.25, 0.3) is 6.08 Å². The fourth-order valence-corrected chi connectivity index (χ4v) is 2.48. The topological polar surface area (TPSA) is 44.7 Å². The Labute approximate surface area is 127 Å². The van der Waals surface area contributed by atoms with E-state index in [4.69, 9.17) is 4.74 Å². The first-order valence-corrected chi connectivity index (χ1v) is 7.60. The van der Waals surface area contributed by atoms with E-state index in [0.29, 0.717) is 13.1 Å². The second kappa shape index (κ2) is 8.29. The molecule has 1 aromatic rings. The van der Waals surface area contributed by atoms with Gasteiger partial charge >= 0.3 is 0 Å². The van der Waals surface area contributed by atoms with Gasteiger partial charge in [-0.25, -0.2) is 0 Å². The Hall–Kier alpha value is -1.20. The molecule has 1 unspecified atom stereocenters. The van der Waals surface area contributed by atoms with E-state index in [1.807, 2.05) is 25.1 Å². The summed E-state index contributed by atoms with van der Waals surface area (Å²) in [5.41, 5.74) is 0.483. The molecule has 2 rings (SSSR count). The van der Waals surface area contributed by atoms with Crippen molar-refractivity contribution >= 4 is 6.08 Å². The maximum atomic E-state index is 10.4. The molecule has 0 spiro atoms. The second-order valence-electron chi connectivity index (χ2n) is 5.83. The largest absolute Gasteiger partial charge is 0.388 e. The smallest absolute Gasteiger partial charge is 0.0869 e. The Morgan fingerprint density at radius 2 is 2.00 bits per heavy atom. The van der Waals surface area contributed by atoms with Crippen molar-refractivity contribution in [3.8, 4) is 0 Å². The zero-order valence-electron chi connectivity index (χ0n) is 12.8. The Kier molecular flexibility index (Phi) is 6.39. The molecule has 0 aromatic heterocycles. The maximum Gasteiger partial charge on any atom is 0.0869 e. The fraction of sp³-hybridized carbons (Fsp3) is 0.529. The molecule has 116 valence electrons. The molecular weight excluding hydrogens is 264 g/mol. The normalized spacial score (nSPS) is 19.7. The molecule has 0 saturated carbocycles. The minimum Gasteiger partial charge on any atom is -0.388 e. The molecule has 1 aliphatic rings. The van der Waals surface area contributed by atoms with Crippen molar-refractivity contribution in [2.45, 2.75) is 12.5 Å². The molecule has 0 amide bonds. The summed E-state index contributed by atoms with van der Waals surface area (Å²) < 4.78 is 5.32. The molecule has 21 heavy (non-hydrogen) atoms. The average molecular weight is 290 g/mol. The van der Waals surface area contributed by atoms with Crippen molar-refractivity contribution < 1.29 is 9.84 Å². The van der Waals surface area contributed by atoms with Crippen LogP contribution in [0.15, 0.2) is 36.4 Å². The molecule has 1 aliphatic heterocycles. The predicted molar refractivity (Wildman–Crippen MR) is 86.2 cm³/mol. The van der Waals surface area contributed by atoms with Crippen molar-refractivity contribution in [3.63, 3.8) is 0 Å². The molecule has 1 fully saturated rings. The van der Waals surface area contributed by atoms with Crippen LogP contribution < -0.4 is 5.32 Å². The van der Waals surface area contributed by atoms with Crippen LogP contribution in [0.1, 0.15) is 12.5 Å². The van der Waals surface area contributed by atoms with Crippen molar-refractivity contribution in [1.82, 2.24) is 10.2 Å². The Morgan fingerprint density at radius 1 is 1.29 bits per heavy atom. The lowest BCUT2D eigenvalue weighted by molar-refractivity contribution is -0.0214. The van der Waals surface area contributed by atoms with Gasteiger partial charge in [-0.1, -0.05) is 42.5 Å². The maximum absolute atomic E-state index is 10.4. The average Bonchev–Trinajstić information content (AvgIpc) is 2.48. The van der Waals surface area contributed by atoms with E-state index in [1.165, 1.54) is 5.56 Å². The van der Waals surface area contributed by atoms with Crippen LogP contribution in [-0.2, 0) is 4.74 Å². The summed E-state index contributed by atoms with van der Waals surface area (Å²) in [6, 6.07) is 10.2. The predicted octanol–water partition coefficient (Wildman–Crippen LogP) is 1.37. The summed E-state index contributed by atoms with van der Waals surface area (Å²) in [5, 5.41) is 13.7. The molecule has 1 heterocycles. The lowest BCUT2D eigenvalue weighted by atomic mass is 10.1. The number of nitrogens with one attached hydrogen (secondary N) is 1. The molecule has 1 atom stereocenters. The van der Waals surface area contributed by atoms with E-state index in [-0.39, 0.29) is 0 Å². The number of rotatable bonds is 7. The van der Waals surface area contributed by atoms with Crippen LogP contribution >= 0.6 is 0 Å². The number of hydrogen-bond donors (Lipinski definition) is 2. The van der Waals surface area contributed by atoms with Gasteiger partial charge in [0.05, 0.1) is 18.8 Å². The van der Waals surface area contributed by atoms with E-state index in [9.17, 15) is 5.11 Å². The zero-order valence-corrected chi connectivity index (χ0v) is 12.8. The molecule has 1 aromatic carbocycles. The minimum absolute atomic E-state index is 0.587.